The number of phenolic OH excluding ortho intramolecular Hbond substituents is 1. The first-order valence-corrected chi connectivity index (χ1v) is 15.6. The van der Waals surface area contributed by atoms with Crippen LogP contribution in [0.2, 0.25) is 0 Å². The van der Waals surface area contributed by atoms with Gasteiger partial charge >= 0.3 is 0 Å². The Kier molecular flexibility index (Phi) is 10.5. The number of hydrogen-bond donors (Lipinski definition) is 6. The second-order valence-corrected chi connectivity index (χ2v) is 11.9. The van der Waals surface area contributed by atoms with Crippen molar-refractivity contribution >= 4 is 11.6 Å². The number of aromatic hydroxyl groups is 1. The first-order chi connectivity index (χ1) is 22.1. The van der Waals surface area contributed by atoms with Crippen LogP contribution in [-0.4, -0.2) is 54.9 Å². The smallest absolute Gasteiger partial charge is 0.233 e. The second kappa shape index (κ2) is 14.5. The van der Waals surface area contributed by atoms with E-state index < -0.39 is 48.3 Å². The SMILES string of the molecule is CCC(O)C(O)CC(O)C(O)c1cccc(-c2ccc(C3C(CCC(O)c4ccc(F)cc4)C(=O)N3c3ccccc3)c(O)c2)c1. The fourth-order valence-electron chi connectivity index (χ4n) is 6.15. The van der Waals surface area contributed by atoms with Crippen LogP contribution in [0.4, 0.5) is 10.1 Å². The van der Waals surface area contributed by atoms with Crippen molar-refractivity contribution in [3.8, 4) is 16.9 Å². The van der Waals surface area contributed by atoms with Crippen molar-refractivity contribution in [2.24, 2.45) is 5.92 Å². The van der Waals surface area contributed by atoms with Crippen molar-refractivity contribution < 1.29 is 39.8 Å². The van der Waals surface area contributed by atoms with E-state index in [1.54, 1.807) is 48.2 Å². The normalized spacial score (nSPS) is 19.6. The van der Waals surface area contributed by atoms with Crippen LogP contribution in [0, 0.1) is 11.7 Å². The average Bonchev–Trinajstić information content (AvgIpc) is 3.07. The van der Waals surface area contributed by atoms with Gasteiger partial charge in [0.15, 0.2) is 0 Å². The number of rotatable bonds is 13. The molecular formula is C37H40FNO7. The minimum absolute atomic E-state index is 0.0253. The molecule has 46 heavy (non-hydrogen) atoms. The maximum absolute atomic E-state index is 13.5. The topological polar surface area (TPSA) is 142 Å². The Balaban J connectivity index is 1.37. The molecule has 0 bridgehead atoms. The van der Waals surface area contributed by atoms with Crippen molar-refractivity contribution in [3.05, 3.63) is 120 Å². The van der Waals surface area contributed by atoms with Crippen molar-refractivity contribution in [1.82, 2.24) is 0 Å². The molecule has 4 aromatic carbocycles. The number of nitrogens with zero attached hydrogens (tertiary/aromatic N) is 1. The summed E-state index contributed by atoms with van der Waals surface area (Å²) in [6, 6.07) is 26.3. The molecule has 242 valence electrons. The Bertz CT molecular complexity index is 1620. The Morgan fingerprint density at radius 3 is 2.13 bits per heavy atom. The summed E-state index contributed by atoms with van der Waals surface area (Å²) in [7, 11) is 0. The fraction of sp³-hybridized carbons (Fsp3) is 0.324. The van der Waals surface area contributed by atoms with Crippen molar-refractivity contribution in [2.75, 3.05) is 4.90 Å². The average molecular weight is 630 g/mol. The Hall–Kier alpha value is -4.12. The van der Waals surface area contributed by atoms with Gasteiger partial charge in [0.05, 0.1) is 36.4 Å². The number of halogens is 1. The molecule has 0 saturated carbocycles. The molecule has 1 aliphatic heterocycles. The van der Waals surface area contributed by atoms with Crippen LogP contribution in [0.3, 0.4) is 0 Å². The van der Waals surface area contributed by atoms with Gasteiger partial charge in [-0.15, -0.1) is 0 Å². The van der Waals surface area contributed by atoms with E-state index in [1.807, 2.05) is 36.4 Å². The standard InChI is InChI=1S/C37H40FNO7/c1-2-30(40)33(43)21-34(44)36(45)25-8-6-7-23(19-25)24-13-16-28(32(42)20-24)35-29(37(46)39(35)27-9-4-3-5-10-27)17-18-31(41)22-11-14-26(38)15-12-22/h3-16,19-20,29-31,33-36,40-45H,2,17-18,21H2,1H3. The monoisotopic (exact) mass is 629 g/mol. The predicted octanol–water partition coefficient (Wildman–Crippen LogP) is 5.33. The highest BCUT2D eigenvalue weighted by atomic mass is 19.1. The number of carbonyl (C=O) groups is 1. The molecule has 1 fully saturated rings. The lowest BCUT2D eigenvalue weighted by molar-refractivity contribution is -0.131. The number of amides is 1. The van der Waals surface area contributed by atoms with Crippen LogP contribution in [0.25, 0.3) is 11.1 Å². The third-order valence-corrected chi connectivity index (χ3v) is 8.87. The lowest BCUT2D eigenvalue weighted by Crippen LogP contribution is -2.55. The van der Waals surface area contributed by atoms with E-state index in [4.69, 9.17) is 0 Å². The summed E-state index contributed by atoms with van der Waals surface area (Å²) in [4.78, 5) is 15.1. The van der Waals surface area contributed by atoms with Gasteiger partial charge in [-0.25, -0.2) is 4.39 Å². The number of anilines is 1. The minimum Gasteiger partial charge on any atom is -0.508 e. The molecule has 6 N–H and O–H groups in total. The van der Waals surface area contributed by atoms with E-state index in [0.717, 1.165) is 0 Å². The summed E-state index contributed by atoms with van der Waals surface area (Å²) in [6.45, 7) is 1.71. The summed E-state index contributed by atoms with van der Waals surface area (Å²) in [5.74, 6) is -1.05. The van der Waals surface area contributed by atoms with Gasteiger partial charge < -0.3 is 35.5 Å². The quantitative estimate of drug-likeness (QED) is 0.110. The largest absolute Gasteiger partial charge is 0.508 e. The molecule has 1 saturated heterocycles. The van der Waals surface area contributed by atoms with E-state index in [-0.39, 0.29) is 24.5 Å². The third kappa shape index (κ3) is 7.14. The maximum atomic E-state index is 13.5. The second-order valence-electron chi connectivity index (χ2n) is 11.9. The molecule has 7 atom stereocenters. The van der Waals surface area contributed by atoms with Crippen molar-refractivity contribution in [3.63, 3.8) is 0 Å². The van der Waals surface area contributed by atoms with Gasteiger partial charge in [0.2, 0.25) is 5.91 Å². The van der Waals surface area contributed by atoms with E-state index in [1.165, 1.54) is 24.3 Å². The van der Waals surface area contributed by atoms with Gasteiger partial charge in [0, 0.05) is 17.7 Å². The van der Waals surface area contributed by atoms with Crippen LogP contribution in [0.5, 0.6) is 5.75 Å². The van der Waals surface area contributed by atoms with Crippen LogP contribution in [0.1, 0.15) is 67.5 Å². The summed E-state index contributed by atoms with van der Waals surface area (Å²) in [6.07, 6.45) is -4.93. The maximum Gasteiger partial charge on any atom is 0.233 e. The fourth-order valence-corrected chi connectivity index (χ4v) is 6.15. The first-order valence-electron chi connectivity index (χ1n) is 15.6. The van der Waals surface area contributed by atoms with Gasteiger partial charge in [0.25, 0.3) is 0 Å². The van der Waals surface area contributed by atoms with Crippen LogP contribution < -0.4 is 4.90 Å². The van der Waals surface area contributed by atoms with Gasteiger partial charge in [-0.1, -0.05) is 67.6 Å². The Morgan fingerprint density at radius 1 is 0.761 bits per heavy atom. The van der Waals surface area contributed by atoms with Gasteiger partial charge in [-0.05, 0) is 77.9 Å². The highest BCUT2D eigenvalue weighted by Gasteiger charge is 2.49. The zero-order valence-electron chi connectivity index (χ0n) is 25.5. The highest BCUT2D eigenvalue weighted by molar-refractivity contribution is 6.03. The number of aliphatic hydroxyl groups is 5. The van der Waals surface area contributed by atoms with Gasteiger partial charge in [0.1, 0.15) is 17.7 Å². The summed E-state index contributed by atoms with van der Waals surface area (Å²) in [5, 5.41) is 63.3. The molecule has 0 aromatic heterocycles. The molecule has 5 rings (SSSR count). The molecule has 0 spiro atoms. The number of aliphatic hydroxyl groups excluding tert-OH is 5. The van der Waals surface area contributed by atoms with Crippen molar-refractivity contribution in [1.29, 1.82) is 0 Å². The molecule has 7 unspecified atom stereocenters. The molecule has 0 radical (unpaired) electrons. The Morgan fingerprint density at radius 2 is 1.46 bits per heavy atom. The molecule has 1 amide bonds. The zero-order chi connectivity index (χ0) is 33.0. The molecule has 1 aliphatic rings. The van der Waals surface area contributed by atoms with E-state index in [9.17, 15) is 39.8 Å². The molecule has 9 heteroatoms. The number of phenols is 1. The summed E-state index contributed by atoms with van der Waals surface area (Å²) < 4.78 is 13.4. The molecule has 1 heterocycles. The van der Waals surface area contributed by atoms with Crippen LogP contribution in [0.15, 0.2) is 97.1 Å². The number of para-hydroxylation sites is 1. The highest BCUT2D eigenvalue weighted by Crippen LogP contribution is 2.49. The summed E-state index contributed by atoms with van der Waals surface area (Å²) in [5.41, 5.74) is 3.52. The van der Waals surface area contributed by atoms with E-state index in [2.05, 4.69) is 0 Å². The van der Waals surface area contributed by atoms with E-state index >= 15 is 0 Å². The minimum atomic E-state index is -1.31. The first kappa shape index (κ1) is 33.2. The van der Waals surface area contributed by atoms with E-state index in [0.29, 0.717) is 46.3 Å². The third-order valence-electron chi connectivity index (χ3n) is 8.87. The number of β-lactam (4-membered cyclic amide) rings is 1. The molecular weight excluding hydrogens is 589 g/mol. The predicted molar refractivity (Wildman–Crippen MR) is 172 cm³/mol. The molecule has 4 aromatic rings. The number of carbonyl (C=O) groups excluding carboxylic acids is 1. The molecule has 0 aliphatic carbocycles. The van der Waals surface area contributed by atoms with Crippen LogP contribution >= 0.6 is 0 Å². The van der Waals surface area contributed by atoms with Crippen LogP contribution in [-0.2, 0) is 4.79 Å². The Labute approximate surface area is 267 Å². The summed E-state index contributed by atoms with van der Waals surface area (Å²) >= 11 is 0. The van der Waals surface area contributed by atoms with Gasteiger partial charge in [-0.2, -0.15) is 0 Å². The van der Waals surface area contributed by atoms with Gasteiger partial charge in [-0.3, -0.25) is 4.79 Å². The zero-order valence-corrected chi connectivity index (χ0v) is 25.5. The number of benzene rings is 4. The lowest BCUT2D eigenvalue weighted by Gasteiger charge is -2.48. The van der Waals surface area contributed by atoms with Crippen molar-refractivity contribution in [2.45, 2.75) is 69.2 Å². The molecule has 8 nitrogen and oxygen atoms in total. The number of hydrogen-bond acceptors (Lipinski definition) is 7. The lowest BCUT2D eigenvalue weighted by atomic mass is 9.77.